The van der Waals surface area contributed by atoms with Crippen LogP contribution in [0, 0.1) is 0 Å². The average Bonchev–Trinajstić information content (AvgIpc) is 2.89. The Morgan fingerprint density at radius 2 is 2.05 bits per heavy atom. The predicted molar refractivity (Wildman–Crippen MR) is 71.9 cm³/mol. The van der Waals surface area contributed by atoms with Gasteiger partial charge in [-0.3, -0.25) is 9.48 Å². The molecule has 1 amide bonds. The van der Waals surface area contributed by atoms with Gasteiger partial charge < -0.3 is 10.1 Å². The average molecular weight is 313 g/mol. The predicted octanol–water partition coefficient (Wildman–Crippen LogP) is 2.66. The second-order valence-corrected chi connectivity index (χ2v) is 4.60. The number of nitrogens with one attached hydrogen (secondary N) is 1. The number of ether oxygens (including phenoxy) is 1. The van der Waals surface area contributed by atoms with E-state index in [0.29, 0.717) is 12.1 Å². The van der Waals surface area contributed by atoms with Crippen molar-refractivity contribution in [3.63, 3.8) is 0 Å². The third kappa shape index (κ3) is 4.80. The molecule has 0 saturated heterocycles. The van der Waals surface area contributed by atoms with Gasteiger partial charge in [0.2, 0.25) is 5.91 Å². The lowest BCUT2D eigenvalue weighted by molar-refractivity contribution is -0.274. The Balaban J connectivity index is 2.14. The van der Waals surface area contributed by atoms with E-state index in [1.54, 1.807) is 23.1 Å². The number of hydrogen-bond donors (Lipinski definition) is 1. The molecule has 118 valence electrons. The number of benzene rings is 1. The number of hydrogen-bond acceptors (Lipinski definition) is 3. The Hall–Kier alpha value is -2.51. The standard InChI is InChI=1S/C14H14F3N3O2/c1-10(21)19-13(9-20-8-2-7-18-20)11-3-5-12(6-4-11)22-14(15,16)17/h2-8,13H,9H2,1H3,(H,19,21). The molecule has 0 aliphatic heterocycles. The number of aromatic nitrogens is 2. The van der Waals surface area contributed by atoms with Crippen LogP contribution in [-0.2, 0) is 11.3 Å². The third-order valence-electron chi connectivity index (χ3n) is 2.82. The van der Waals surface area contributed by atoms with Crippen LogP contribution in [0.1, 0.15) is 18.5 Å². The number of carbonyl (C=O) groups is 1. The fraction of sp³-hybridized carbons (Fsp3) is 0.286. The number of carbonyl (C=O) groups excluding carboxylic acids is 1. The molecule has 22 heavy (non-hydrogen) atoms. The molecule has 1 aromatic heterocycles. The fourth-order valence-electron chi connectivity index (χ4n) is 1.98. The smallest absolute Gasteiger partial charge is 0.406 e. The van der Waals surface area contributed by atoms with E-state index in [1.165, 1.54) is 31.2 Å². The maximum Gasteiger partial charge on any atom is 0.573 e. The molecule has 2 rings (SSSR count). The molecule has 0 aliphatic rings. The molecule has 2 aromatic rings. The van der Waals surface area contributed by atoms with Crippen molar-refractivity contribution in [3.8, 4) is 5.75 Å². The van der Waals surface area contributed by atoms with Crippen molar-refractivity contribution < 1.29 is 22.7 Å². The minimum absolute atomic E-state index is 0.243. The summed E-state index contributed by atoms with van der Waals surface area (Å²) in [7, 11) is 0. The molecule has 0 radical (unpaired) electrons. The number of nitrogens with zero attached hydrogens (tertiary/aromatic N) is 2. The lowest BCUT2D eigenvalue weighted by atomic mass is 10.1. The van der Waals surface area contributed by atoms with E-state index < -0.39 is 12.4 Å². The molecule has 0 saturated carbocycles. The van der Waals surface area contributed by atoms with Crippen LogP contribution < -0.4 is 10.1 Å². The molecule has 8 heteroatoms. The summed E-state index contributed by atoms with van der Waals surface area (Å²) in [6.45, 7) is 1.74. The van der Waals surface area contributed by atoms with Crippen molar-refractivity contribution in [2.75, 3.05) is 0 Å². The van der Waals surface area contributed by atoms with Gasteiger partial charge in [0.15, 0.2) is 0 Å². The highest BCUT2D eigenvalue weighted by Crippen LogP contribution is 2.24. The summed E-state index contributed by atoms with van der Waals surface area (Å²) in [4.78, 5) is 11.3. The first kappa shape index (κ1) is 15.9. The van der Waals surface area contributed by atoms with Crippen LogP contribution in [0.2, 0.25) is 0 Å². The van der Waals surface area contributed by atoms with E-state index in [9.17, 15) is 18.0 Å². The van der Waals surface area contributed by atoms with E-state index in [0.717, 1.165) is 0 Å². The molecule has 0 aliphatic carbocycles. The SMILES string of the molecule is CC(=O)NC(Cn1cccn1)c1ccc(OC(F)(F)F)cc1. The molecule has 1 unspecified atom stereocenters. The Morgan fingerprint density at radius 3 is 2.55 bits per heavy atom. The van der Waals surface area contributed by atoms with Crippen LogP contribution in [0.15, 0.2) is 42.7 Å². The Morgan fingerprint density at radius 1 is 1.36 bits per heavy atom. The quantitative estimate of drug-likeness (QED) is 0.923. The van der Waals surface area contributed by atoms with Crippen LogP contribution >= 0.6 is 0 Å². The second kappa shape index (κ2) is 6.50. The molecular weight excluding hydrogens is 299 g/mol. The monoisotopic (exact) mass is 313 g/mol. The van der Waals surface area contributed by atoms with E-state index in [4.69, 9.17) is 0 Å². The topological polar surface area (TPSA) is 56.2 Å². The van der Waals surface area contributed by atoms with Crippen LogP contribution in [0.25, 0.3) is 0 Å². The summed E-state index contributed by atoms with van der Waals surface area (Å²) >= 11 is 0. The van der Waals surface area contributed by atoms with Crippen LogP contribution in [-0.4, -0.2) is 22.1 Å². The fourth-order valence-corrected chi connectivity index (χ4v) is 1.98. The number of amides is 1. The van der Waals surface area contributed by atoms with E-state index in [-0.39, 0.29) is 11.7 Å². The molecule has 5 nitrogen and oxygen atoms in total. The zero-order valence-electron chi connectivity index (χ0n) is 11.7. The van der Waals surface area contributed by atoms with Gasteiger partial charge in [-0.2, -0.15) is 5.10 Å². The summed E-state index contributed by atoms with van der Waals surface area (Å²) in [6, 6.07) is 6.71. The van der Waals surface area contributed by atoms with Crippen molar-refractivity contribution in [2.45, 2.75) is 25.9 Å². The van der Waals surface area contributed by atoms with Crippen LogP contribution in [0.5, 0.6) is 5.75 Å². The summed E-state index contributed by atoms with van der Waals surface area (Å²) in [5.41, 5.74) is 0.653. The van der Waals surface area contributed by atoms with Crippen LogP contribution in [0.3, 0.4) is 0 Å². The Kier molecular flexibility index (Phi) is 4.69. The zero-order chi connectivity index (χ0) is 16.2. The maximum absolute atomic E-state index is 12.1. The Labute approximate surface area is 124 Å². The summed E-state index contributed by atoms with van der Waals surface area (Å²) in [5, 5.41) is 6.79. The van der Waals surface area contributed by atoms with Gasteiger partial charge in [-0.25, -0.2) is 0 Å². The molecule has 0 fully saturated rings. The van der Waals surface area contributed by atoms with Gasteiger partial charge in [0.05, 0.1) is 12.6 Å². The highest BCUT2D eigenvalue weighted by atomic mass is 19.4. The van der Waals surface area contributed by atoms with E-state index in [1.807, 2.05) is 0 Å². The third-order valence-corrected chi connectivity index (χ3v) is 2.82. The van der Waals surface area contributed by atoms with E-state index >= 15 is 0 Å². The number of alkyl halides is 3. The van der Waals surface area contributed by atoms with Gasteiger partial charge in [0.1, 0.15) is 5.75 Å². The second-order valence-electron chi connectivity index (χ2n) is 4.60. The van der Waals surface area contributed by atoms with Crippen molar-refractivity contribution in [1.29, 1.82) is 0 Å². The van der Waals surface area contributed by atoms with Gasteiger partial charge in [-0.05, 0) is 23.8 Å². The van der Waals surface area contributed by atoms with Gasteiger partial charge in [0, 0.05) is 19.3 Å². The lowest BCUT2D eigenvalue weighted by Crippen LogP contribution is -2.29. The van der Waals surface area contributed by atoms with Gasteiger partial charge in [-0.15, -0.1) is 13.2 Å². The van der Waals surface area contributed by atoms with Crippen molar-refractivity contribution in [2.24, 2.45) is 0 Å². The first-order chi connectivity index (χ1) is 10.3. The molecular formula is C14H14F3N3O2. The summed E-state index contributed by atoms with van der Waals surface area (Å²) in [6.07, 6.45) is -1.39. The van der Waals surface area contributed by atoms with Gasteiger partial charge in [-0.1, -0.05) is 12.1 Å². The summed E-state index contributed by atoms with van der Waals surface area (Å²) < 4.78 is 41.8. The minimum atomic E-state index is -4.73. The highest BCUT2D eigenvalue weighted by molar-refractivity contribution is 5.73. The van der Waals surface area contributed by atoms with Crippen molar-refractivity contribution in [3.05, 3.63) is 48.3 Å². The summed E-state index contributed by atoms with van der Waals surface area (Å²) in [5.74, 6) is -0.551. The maximum atomic E-state index is 12.1. The molecule has 0 bridgehead atoms. The first-order valence-corrected chi connectivity index (χ1v) is 6.44. The van der Waals surface area contributed by atoms with E-state index in [2.05, 4.69) is 15.2 Å². The Bertz CT molecular complexity index is 609. The molecule has 1 atom stereocenters. The zero-order valence-corrected chi connectivity index (χ0v) is 11.7. The van der Waals surface area contributed by atoms with Crippen molar-refractivity contribution in [1.82, 2.24) is 15.1 Å². The van der Waals surface area contributed by atoms with Crippen molar-refractivity contribution >= 4 is 5.91 Å². The van der Waals surface area contributed by atoms with Crippen LogP contribution in [0.4, 0.5) is 13.2 Å². The van der Waals surface area contributed by atoms with Gasteiger partial charge in [0.25, 0.3) is 0 Å². The highest BCUT2D eigenvalue weighted by Gasteiger charge is 2.31. The number of rotatable bonds is 5. The molecule has 0 spiro atoms. The largest absolute Gasteiger partial charge is 0.573 e. The lowest BCUT2D eigenvalue weighted by Gasteiger charge is -2.19. The number of halogens is 3. The molecule has 1 heterocycles. The minimum Gasteiger partial charge on any atom is -0.406 e. The molecule has 1 aromatic carbocycles. The normalized spacial score (nSPS) is 12.7. The van der Waals surface area contributed by atoms with Gasteiger partial charge >= 0.3 is 6.36 Å². The first-order valence-electron chi connectivity index (χ1n) is 6.44. The molecule has 1 N–H and O–H groups in total.